The molecule has 6 heteroatoms. The molecular weight excluding hydrogens is 238 g/mol. The van der Waals surface area contributed by atoms with Gasteiger partial charge in [0.2, 0.25) is 5.95 Å². The van der Waals surface area contributed by atoms with Gasteiger partial charge in [-0.15, -0.1) is 0 Å². The van der Waals surface area contributed by atoms with Crippen LogP contribution in [0.25, 0.3) is 11.3 Å². The zero-order valence-corrected chi connectivity index (χ0v) is 9.53. The summed E-state index contributed by atoms with van der Waals surface area (Å²) in [5.74, 6) is -0.706. The molecule has 0 saturated heterocycles. The second-order valence-corrected chi connectivity index (χ2v) is 3.61. The number of nitrogens with two attached hydrogens (primary N) is 1. The van der Waals surface area contributed by atoms with Gasteiger partial charge < -0.3 is 11.1 Å². The summed E-state index contributed by atoms with van der Waals surface area (Å²) in [4.78, 5) is 8.06. The summed E-state index contributed by atoms with van der Waals surface area (Å²) in [5.41, 5.74) is 5.77. The van der Waals surface area contributed by atoms with Gasteiger partial charge in [-0.3, -0.25) is 0 Å². The second kappa shape index (κ2) is 5.50. The largest absolute Gasteiger partial charge is 0.353 e. The summed E-state index contributed by atoms with van der Waals surface area (Å²) in [7, 11) is 0. The van der Waals surface area contributed by atoms with Crippen LogP contribution in [0.3, 0.4) is 0 Å². The molecule has 0 amide bonds. The number of anilines is 1. The molecule has 0 bridgehead atoms. The van der Waals surface area contributed by atoms with Gasteiger partial charge >= 0.3 is 0 Å². The van der Waals surface area contributed by atoms with Crippen molar-refractivity contribution in [1.29, 1.82) is 0 Å². The number of hydrogen-bond acceptors (Lipinski definition) is 4. The van der Waals surface area contributed by atoms with Gasteiger partial charge in [-0.05, 0) is 24.3 Å². The first-order valence-corrected chi connectivity index (χ1v) is 5.43. The van der Waals surface area contributed by atoms with Crippen molar-refractivity contribution in [3.63, 3.8) is 0 Å². The van der Waals surface area contributed by atoms with Crippen molar-refractivity contribution in [3.05, 3.63) is 42.1 Å². The Hall–Kier alpha value is -2.08. The minimum Gasteiger partial charge on any atom is -0.353 e. The van der Waals surface area contributed by atoms with E-state index in [9.17, 15) is 8.78 Å². The highest BCUT2D eigenvalue weighted by atomic mass is 19.1. The van der Waals surface area contributed by atoms with Gasteiger partial charge in [0.15, 0.2) is 0 Å². The van der Waals surface area contributed by atoms with Crippen LogP contribution in [0.4, 0.5) is 14.7 Å². The van der Waals surface area contributed by atoms with Gasteiger partial charge in [-0.25, -0.2) is 18.7 Å². The third kappa shape index (κ3) is 2.78. The van der Waals surface area contributed by atoms with Crippen LogP contribution in [-0.4, -0.2) is 23.1 Å². The fourth-order valence-corrected chi connectivity index (χ4v) is 1.47. The summed E-state index contributed by atoms with van der Waals surface area (Å²) < 4.78 is 26.7. The van der Waals surface area contributed by atoms with Crippen molar-refractivity contribution < 1.29 is 8.78 Å². The predicted octanol–water partition coefficient (Wildman–Crippen LogP) is 1.79. The third-order valence-corrected chi connectivity index (χ3v) is 2.29. The average molecular weight is 250 g/mol. The standard InChI is InChI=1S/C12H12F2N4/c13-8-1-2-10(14)9(7-8)11-3-5-16-12(18-11)17-6-4-15/h1-3,5,7H,4,6,15H2,(H,16,17,18). The van der Waals surface area contributed by atoms with Crippen molar-refractivity contribution in [2.75, 3.05) is 18.4 Å². The number of aromatic nitrogens is 2. The van der Waals surface area contributed by atoms with E-state index in [2.05, 4.69) is 15.3 Å². The number of halogens is 2. The van der Waals surface area contributed by atoms with Crippen molar-refractivity contribution in [1.82, 2.24) is 9.97 Å². The number of nitrogens with one attached hydrogen (secondary N) is 1. The lowest BCUT2D eigenvalue weighted by molar-refractivity contribution is 0.602. The minimum absolute atomic E-state index is 0.105. The predicted molar refractivity (Wildman–Crippen MR) is 64.9 cm³/mol. The lowest BCUT2D eigenvalue weighted by Gasteiger charge is -2.06. The van der Waals surface area contributed by atoms with Gasteiger partial charge in [-0.2, -0.15) is 0 Å². The average Bonchev–Trinajstić information content (AvgIpc) is 2.39. The van der Waals surface area contributed by atoms with Crippen LogP contribution in [0.5, 0.6) is 0 Å². The van der Waals surface area contributed by atoms with Crippen LogP contribution in [0.1, 0.15) is 0 Å². The Balaban J connectivity index is 2.35. The number of benzene rings is 1. The van der Waals surface area contributed by atoms with E-state index in [0.717, 1.165) is 18.2 Å². The van der Waals surface area contributed by atoms with Gasteiger partial charge in [-0.1, -0.05) is 0 Å². The maximum absolute atomic E-state index is 13.6. The van der Waals surface area contributed by atoms with E-state index < -0.39 is 11.6 Å². The van der Waals surface area contributed by atoms with Crippen LogP contribution >= 0.6 is 0 Å². The summed E-state index contributed by atoms with van der Waals surface area (Å²) in [6, 6.07) is 4.75. The monoisotopic (exact) mass is 250 g/mol. The van der Waals surface area contributed by atoms with Crippen LogP contribution in [-0.2, 0) is 0 Å². The maximum Gasteiger partial charge on any atom is 0.223 e. The summed E-state index contributed by atoms with van der Waals surface area (Å²) >= 11 is 0. The number of hydrogen-bond donors (Lipinski definition) is 2. The quantitative estimate of drug-likeness (QED) is 0.868. The molecule has 2 rings (SSSR count). The van der Waals surface area contributed by atoms with E-state index in [-0.39, 0.29) is 5.56 Å². The molecule has 0 aliphatic rings. The highest BCUT2D eigenvalue weighted by molar-refractivity contribution is 5.60. The molecule has 0 saturated carbocycles. The van der Waals surface area contributed by atoms with Crippen LogP contribution in [0.15, 0.2) is 30.5 Å². The summed E-state index contributed by atoms with van der Waals surface area (Å²) in [6.07, 6.45) is 1.48. The van der Waals surface area contributed by atoms with Crippen LogP contribution in [0, 0.1) is 11.6 Å². The van der Waals surface area contributed by atoms with E-state index in [4.69, 9.17) is 5.73 Å². The highest BCUT2D eigenvalue weighted by Crippen LogP contribution is 2.22. The van der Waals surface area contributed by atoms with Crippen molar-refractivity contribution >= 4 is 5.95 Å². The molecule has 1 aromatic heterocycles. The topological polar surface area (TPSA) is 63.8 Å². The Morgan fingerprint density at radius 3 is 2.83 bits per heavy atom. The Bertz CT molecular complexity index is 545. The van der Waals surface area contributed by atoms with Crippen molar-refractivity contribution in [3.8, 4) is 11.3 Å². The SMILES string of the molecule is NCCNc1nccc(-c2cc(F)ccc2F)n1. The molecule has 4 nitrogen and oxygen atoms in total. The number of nitrogens with zero attached hydrogens (tertiary/aromatic N) is 2. The first-order valence-electron chi connectivity index (χ1n) is 5.43. The molecular formula is C12H12F2N4. The first-order chi connectivity index (χ1) is 8.70. The fourth-order valence-electron chi connectivity index (χ4n) is 1.47. The molecule has 0 unspecified atom stereocenters. The lowest BCUT2D eigenvalue weighted by Crippen LogP contribution is -2.14. The Kier molecular flexibility index (Phi) is 3.78. The lowest BCUT2D eigenvalue weighted by atomic mass is 10.1. The van der Waals surface area contributed by atoms with E-state index in [1.54, 1.807) is 0 Å². The molecule has 1 heterocycles. The molecule has 1 aromatic carbocycles. The third-order valence-electron chi connectivity index (χ3n) is 2.29. The van der Waals surface area contributed by atoms with Crippen LogP contribution in [0.2, 0.25) is 0 Å². The van der Waals surface area contributed by atoms with E-state index in [1.807, 2.05) is 0 Å². The van der Waals surface area contributed by atoms with Gasteiger partial charge in [0.05, 0.1) is 5.69 Å². The Morgan fingerprint density at radius 1 is 1.22 bits per heavy atom. The highest BCUT2D eigenvalue weighted by Gasteiger charge is 2.08. The van der Waals surface area contributed by atoms with E-state index in [0.29, 0.717) is 24.7 Å². The fraction of sp³-hybridized carbons (Fsp3) is 0.167. The normalized spacial score (nSPS) is 10.4. The summed E-state index contributed by atoms with van der Waals surface area (Å²) in [6.45, 7) is 0.941. The smallest absolute Gasteiger partial charge is 0.223 e. The molecule has 0 aliphatic carbocycles. The van der Waals surface area contributed by atoms with E-state index in [1.165, 1.54) is 12.3 Å². The molecule has 0 spiro atoms. The van der Waals surface area contributed by atoms with Crippen LogP contribution < -0.4 is 11.1 Å². The second-order valence-electron chi connectivity index (χ2n) is 3.61. The van der Waals surface area contributed by atoms with Crippen molar-refractivity contribution in [2.24, 2.45) is 5.73 Å². The van der Waals surface area contributed by atoms with Crippen molar-refractivity contribution in [2.45, 2.75) is 0 Å². The zero-order chi connectivity index (χ0) is 13.0. The molecule has 0 aliphatic heterocycles. The van der Waals surface area contributed by atoms with Gasteiger partial charge in [0.25, 0.3) is 0 Å². The Labute approximate surface area is 103 Å². The number of rotatable bonds is 4. The van der Waals surface area contributed by atoms with Gasteiger partial charge in [0, 0.05) is 24.8 Å². The first kappa shape index (κ1) is 12.4. The molecule has 0 fully saturated rings. The molecule has 0 atom stereocenters. The van der Waals surface area contributed by atoms with E-state index >= 15 is 0 Å². The van der Waals surface area contributed by atoms with Gasteiger partial charge in [0.1, 0.15) is 11.6 Å². The molecule has 3 N–H and O–H groups in total. The minimum atomic E-state index is -0.528. The molecule has 94 valence electrons. The molecule has 2 aromatic rings. The maximum atomic E-state index is 13.6. The molecule has 18 heavy (non-hydrogen) atoms. The Morgan fingerprint density at radius 2 is 2.06 bits per heavy atom. The summed E-state index contributed by atoms with van der Waals surface area (Å²) in [5, 5.41) is 2.88. The zero-order valence-electron chi connectivity index (χ0n) is 9.53. The molecule has 0 radical (unpaired) electrons.